The minimum atomic E-state index is -1.38. The molecule has 0 heterocycles. The fourth-order valence-corrected chi connectivity index (χ4v) is 2.82. The minimum absolute atomic E-state index is 0.0932. The molecule has 0 aliphatic heterocycles. The maximum absolute atomic E-state index is 12.2. The van der Waals surface area contributed by atoms with Gasteiger partial charge in [-0.3, -0.25) is 4.79 Å². The molecule has 3 nitrogen and oxygen atoms in total. The third-order valence-electron chi connectivity index (χ3n) is 3.17. The number of rotatable bonds is 4. The second-order valence-electron chi connectivity index (χ2n) is 5.89. The van der Waals surface area contributed by atoms with Gasteiger partial charge in [0.15, 0.2) is 4.90 Å². The molecule has 0 aliphatic rings. The van der Waals surface area contributed by atoms with E-state index in [0.717, 1.165) is 12.0 Å². The summed E-state index contributed by atoms with van der Waals surface area (Å²) in [5, 5.41) is 0. The van der Waals surface area contributed by atoms with Gasteiger partial charge in [-0.25, -0.2) is 4.72 Å². The molecule has 0 saturated heterocycles. The van der Waals surface area contributed by atoms with Crippen LogP contribution < -0.4 is 4.72 Å². The molecule has 0 aromatic heterocycles. The van der Waals surface area contributed by atoms with Crippen LogP contribution in [0, 0.1) is 0 Å². The number of nitrogens with one attached hydrogen (secondary N) is 1. The van der Waals surface area contributed by atoms with Gasteiger partial charge in [0, 0.05) is 11.6 Å². The van der Waals surface area contributed by atoms with Gasteiger partial charge in [0.05, 0.1) is 5.69 Å². The molecule has 4 heteroatoms. The Morgan fingerprint density at radius 2 is 1.76 bits per heavy atom. The molecular formula is C17H19NO2S. The van der Waals surface area contributed by atoms with E-state index in [2.05, 4.69) is 25.5 Å². The molecule has 1 atom stereocenters. The summed E-state index contributed by atoms with van der Waals surface area (Å²) in [6.07, 6.45) is 0.749. The summed E-state index contributed by atoms with van der Waals surface area (Å²) < 4.78 is 15.2. The summed E-state index contributed by atoms with van der Waals surface area (Å²) in [6.45, 7) is 6.45. The van der Waals surface area contributed by atoms with Crippen molar-refractivity contribution in [3.05, 3.63) is 59.7 Å². The highest BCUT2D eigenvalue weighted by atomic mass is 32.2. The lowest BCUT2D eigenvalue weighted by Gasteiger charge is -2.19. The van der Waals surface area contributed by atoms with Gasteiger partial charge in [0.1, 0.15) is 17.6 Å². The number of hydrogen-bond acceptors (Lipinski definition) is 3. The molecule has 0 amide bonds. The van der Waals surface area contributed by atoms with Crippen molar-refractivity contribution in [2.45, 2.75) is 31.1 Å². The largest absolute Gasteiger partial charge is 0.588 e. The smallest absolute Gasteiger partial charge is 0.180 e. The Balaban J connectivity index is 2.12. The quantitative estimate of drug-likeness (QED) is 0.687. The molecule has 0 bridgehead atoms. The third kappa shape index (κ3) is 4.09. The first-order chi connectivity index (χ1) is 9.90. The fourth-order valence-electron chi connectivity index (χ4n) is 1.91. The zero-order valence-electron chi connectivity index (χ0n) is 12.4. The van der Waals surface area contributed by atoms with Crippen LogP contribution in [0.3, 0.4) is 0 Å². The van der Waals surface area contributed by atoms with Crippen molar-refractivity contribution in [2.24, 2.45) is 0 Å². The van der Waals surface area contributed by atoms with E-state index in [0.29, 0.717) is 10.5 Å². The summed E-state index contributed by atoms with van der Waals surface area (Å²) in [4.78, 5) is 11.3. The Morgan fingerprint density at radius 3 is 2.33 bits per heavy atom. The molecule has 2 aromatic rings. The number of benzene rings is 2. The van der Waals surface area contributed by atoms with E-state index >= 15 is 0 Å². The van der Waals surface area contributed by atoms with Crippen LogP contribution in [-0.2, 0) is 16.8 Å². The second-order valence-corrected chi connectivity index (χ2v) is 7.10. The Kier molecular flexibility index (Phi) is 4.70. The molecule has 2 aromatic carbocycles. The highest BCUT2D eigenvalue weighted by Gasteiger charge is 2.15. The summed E-state index contributed by atoms with van der Waals surface area (Å²) in [7, 11) is 0. The van der Waals surface area contributed by atoms with E-state index in [9.17, 15) is 9.35 Å². The van der Waals surface area contributed by atoms with E-state index in [-0.39, 0.29) is 5.41 Å². The van der Waals surface area contributed by atoms with E-state index in [4.69, 9.17) is 0 Å². The van der Waals surface area contributed by atoms with Crippen LogP contribution in [0.5, 0.6) is 0 Å². The van der Waals surface area contributed by atoms with Gasteiger partial charge in [-0.15, -0.1) is 0 Å². The lowest BCUT2D eigenvalue weighted by atomic mass is 9.87. The van der Waals surface area contributed by atoms with Gasteiger partial charge < -0.3 is 4.55 Å². The van der Waals surface area contributed by atoms with E-state index in [1.54, 1.807) is 24.3 Å². The van der Waals surface area contributed by atoms with Crippen molar-refractivity contribution >= 4 is 23.3 Å². The van der Waals surface area contributed by atoms with Crippen LogP contribution in [-0.4, -0.2) is 10.8 Å². The Morgan fingerprint density at radius 1 is 1.10 bits per heavy atom. The second kappa shape index (κ2) is 6.33. The van der Waals surface area contributed by atoms with E-state index < -0.39 is 11.4 Å². The third-order valence-corrected chi connectivity index (χ3v) is 4.27. The van der Waals surface area contributed by atoms with Crippen molar-refractivity contribution in [3.63, 3.8) is 0 Å². The van der Waals surface area contributed by atoms with E-state index in [1.165, 1.54) is 5.56 Å². The van der Waals surface area contributed by atoms with Crippen molar-refractivity contribution in [1.29, 1.82) is 0 Å². The molecular weight excluding hydrogens is 282 g/mol. The van der Waals surface area contributed by atoms with E-state index in [1.807, 2.05) is 24.3 Å². The van der Waals surface area contributed by atoms with Crippen LogP contribution in [0.4, 0.5) is 5.69 Å². The van der Waals surface area contributed by atoms with Crippen molar-refractivity contribution in [1.82, 2.24) is 0 Å². The van der Waals surface area contributed by atoms with Gasteiger partial charge in [-0.2, -0.15) is 0 Å². The van der Waals surface area contributed by atoms with Crippen molar-refractivity contribution in [2.75, 3.05) is 4.72 Å². The molecule has 21 heavy (non-hydrogen) atoms. The van der Waals surface area contributed by atoms with Gasteiger partial charge >= 0.3 is 0 Å². The first kappa shape index (κ1) is 15.6. The molecule has 110 valence electrons. The topological polar surface area (TPSA) is 52.2 Å². The van der Waals surface area contributed by atoms with Crippen LogP contribution in [0.15, 0.2) is 53.4 Å². The maximum Gasteiger partial charge on any atom is 0.180 e. The van der Waals surface area contributed by atoms with Crippen LogP contribution in [0.25, 0.3) is 0 Å². The number of carbonyl (C=O) groups excluding carboxylic acids is 1. The normalized spacial score (nSPS) is 12.8. The Labute approximate surface area is 128 Å². The predicted molar refractivity (Wildman–Crippen MR) is 87.0 cm³/mol. The van der Waals surface area contributed by atoms with Crippen molar-refractivity contribution < 1.29 is 9.35 Å². The lowest BCUT2D eigenvalue weighted by Crippen LogP contribution is -2.14. The predicted octanol–water partition coefficient (Wildman–Crippen LogP) is 3.93. The van der Waals surface area contributed by atoms with Gasteiger partial charge in [0.25, 0.3) is 0 Å². The van der Waals surface area contributed by atoms with Crippen molar-refractivity contribution in [3.8, 4) is 0 Å². The highest BCUT2D eigenvalue weighted by Crippen LogP contribution is 2.24. The number of carbonyl (C=O) groups is 1. The van der Waals surface area contributed by atoms with Crippen LogP contribution in [0.2, 0.25) is 0 Å². The van der Waals surface area contributed by atoms with Crippen LogP contribution in [0.1, 0.15) is 36.7 Å². The zero-order valence-corrected chi connectivity index (χ0v) is 13.2. The average molecular weight is 301 g/mol. The van der Waals surface area contributed by atoms with Gasteiger partial charge in [0.2, 0.25) is 0 Å². The number of aldehydes is 1. The minimum Gasteiger partial charge on any atom is -0.588 e. The Hall–Kier alpha value is -1.78. The summed E-state index contributed by atoms with van der Waals surface area (Å²) in [5.74, 6) is 0. The standard InChI is InChI=1S/C17H19NO2S/c1-17(2,3)14-7-9-15(10-8-14)18-21(20)16-6-4-5-13(11-16)12-19/h4-12,18H,1-3H3. The lowest BCUT2D eigenvalue weighted by molar-refractivity contribution is 0.112. The van der Waals surface area contributed by atoms with Gasteiger partial charge in [-0.1, -0.05) is 45.0 Å². The number of hydrogen-bond donors (Lipinski definition) is 1. The van der Waals surface area contributed by atoms with Gasteiger partial charge in [-0.05, 0) is 29.2 Å². The molecule has 0 aliphatic carbocycles. The highest BCUT2D eigenvalue weighted by molar-refractivity contribution is 7.92. The zero-order chi connectivity index (χ0) is 15.5. The molecule has 0 radical (unpaired) electrons. The fraction of sp³-hybridized carbons (Fsp3) is 0.235. The first-order valence-corrected chi connectivity index (χ1v) is 7.89. The monoisotopic (exact) mass is 301 g/mol. The molecule has 0 spiro atoms. The molecule has 1 N–H and O–H groups in total. The summed E-state index contributed by atoms with van der Waals surface area (Å²) >= 11 is -1.38. The molecule has 0 saturated carbocycles. The molecule has 2 rings (SSSR count). The first-order valence-electron chi connectivity index (χ1n) is 6.74. The number of anilines is 1. The average Bonchev–Trinajstić information content (AvgIpc) is 2.47. The molecule has 0 fully saturated rings. The van der Waals surface area contributed by atoms with Crippen LogP contribution >= 0.6 is 0 Å². The summed E-state index contributed by atoms with van der Waals surface area (Å²) in [5.41, 5.74) is 2.63. The maximum atomic E-state index is 12.2. The summed E-state index contributed by atoms with van der Waals surface area (Å²) in [6, 6.07) is 14.7. The SMILES string of the molecule is CC(C)(C)c1ccc(N[S+]([O-])c2cccc(C=O)c2)cc1. The molecule has 1 unspecified atom stereocenters. The Bertz CT molecular complexity index is 617.